The van der Waals surface area contributed by atoms with Crippen molar-refractivity contribution in [1.29, 1.82) is 0 Å². The van der Waals surface area contributed by atoms with Crippen molar-refractivity contribution < 1.29 is 19.1 Å². The van der Waals surface area contributed by atoms with E-state index >= 15 is 0 Å². The molecule has 0 saturated heterocycles. The van der Waals surface area contributed by atoms with E-state index in [0.717, 1.165) is 5.56 Å². The highest BCUT2D eigenvalue weighted by atomic mass is 19.1. The molecular weight excluding hydrogens is 339 g/mol. The number of carboxylic acid groups (broad SMARTS) is 1. The lowest BCUT2D eigenvalue weighted by Crippen LogP contribution is -2.14. The average Bonchev–Trinajstić information content (AvgIpc) is 3.05. The summed E-state index contributed by atoms with van der Waals surface area (Å²) in [5.74, 6) is -1.60. The van der Waals surface area contributed by atoms with Crippen LogP contribution in [0.5, 0.6) is 0 Å². The lowest BCUT2D eigenvalue weighted by Gasteiger charge is -2.07. The fourth-order valence-corrected chi connectivity index (χ4v) is 2.47. The van der Waals surface area contributed by atoms with Crippen molar-refractivity contribution in [3.63, 3.8) is 0 Å². The van der Waals surface area contributed by atoms with E-state index in [2.05, 4.69) is 20.5 Å². The molecule has 0 bridgehead atoms. The molecule has 0 atom stereocenters. The number of aliphatic carboxylic acids is 1. The maximum Gasteiger partial charge on any atom is 0.303 e. The molecule has 7 nitrogen and oxygen atoms in total. The number of hydrogen-bond donors (Lipinski definition) is 3. The van der Waals surface area contributed by atoms with Gasteiger partial charge in [-0.25, -0.2) is 4.39 Å². The van der Waals surface area contributed by atoms with E-state index in [1.54, 1.807) is 36.7 Å². The van der Waals surface area contributed by atoms with Gasteiger partial charge in [-0.3, -0.25) is 19.7 Å². The summed E-state index contributed by atoms with van der Waals surface area (Å²) < 4.78 is 13.2. The van der Waals surface area contributed by atoms with E-state index in [9.17, 15) is 14.0 Å². The summed E-state index contributed by atoms with van der Waals surface area (Å²) in [6.45, 7) is 0. The van der Waals surface area contributed by atoms with Crippen molar-refractivity contribution in [2.24, 2.45) is 0 Å². The number of pyridine rings is 1. The van der Waals surface area contributed by atoms with Crippen LogP contribution in [0.15, 0.2) is 48.8 Å². The van der Waals surface area contributed by atoms with Gasteiger partial charge in [-0.05, 0) is 42.0 Å². The van der Waals surface area contributed by atoms with Crippen LogP contribution in [0.2, 0.25) is 0 Å². The number of benzene rings is 1. The van der Waals surface area contributed by atoms with Gasteiger partial charge in [0.1, 0.15) is 5.82 Å². The van der Waals surface area contributed by atoms with Gasteiger partial charge in [-0.15, -0.1) is 0 Å². The fourth-order valence-electron chi connectivity index (χ4n) is 2.47. The van der Waals surface area contributed by atoms with E-state index in [0.29, 0.717) is 16.8 Å². The normalized spacial score (nSPS) is 10.5. The first-order valence-corrected chi connectivity index (χ1v) is 7.81. The Kier molecular flexibility index (Phi) is 5.02. The van der Waals surface area contributed by atoms with E-state index in [4.69, 9.17) is 5.11 Å². The average molecular weight is 354 g/mol. The first kappa shape index (κ1) is 17.3. The molecule has 0 spiro atoms. The number of hydrogen-bond acceptors (Lipinski definition) is 4. The van der Waals surface area contributed by atoms with Crippen molar-refractivity contribution in [2.45, 2.75) is 12.8 Å². The molecule has 3 aromatic rings. The fraction of sp³-hybridized carbons (Fsp3) is 0.111. The smallest absolute Gasteiger partial charge is 0.303 e. The Labute approximate surface area is 147 Å². The minimum atomic E-state index is -1.05. The molecule has 0 aliphatic heterocycles. The number of rotatable bonds is 6. The molecule has 8 heteroatoms. The third-order valence-electron chi connectivity index (χ3n) is 3.69. The van der Waals surface area contributed by atoms with Crippen LogP contribution >= 0.6 is 0 Å². The topological polar surface area (TPSA) is 108 Å². The molecule has 1 amide bonds. The molecule has 0 aliphatic carbocycles. The van der Waals surface area contributed by atoms with Crippen molar-refractivity contribution in [3.8, 4) is 22.4 Å². The Bertz CT molecular complexity index is 923. The van der Waals surface area contributed by atoms with Gasteiger partial charge in [0.25, 0.3) is 0 Å². The maximum atomic E-state index is 13.2. The number of nitrogens with zero attached hydrogens (tertiary/aromatic N) is 2. The predicted molar refractivity (Wildman–Crippen MR) is 92.7 cm³/mol. The summed E-state index contributed by atoms with van der Waals surface area (Å²) in [6.07, 6.45) is 2.77. The van der Waals surface area contributed by atoms with E-state index in [1.807, 2.05) is 0 Å². The van der Waals surface area contributed by atoms with Crippen LogP contribution in [0.4, 0.5) is 10.2 Å². The Morgan fingerprint density at radius 3 is 2.38 bits per heavy atom. The van der Waals surface area contributed by atoms with Crippen molar-refractivity contribution in [3.05, 3.63) is 54.6 Å². The SMILES string of the molecule is O=C(O)CCC(=O)Nc1n[nH]c(-c2ccc(F)cc2)c1-c1ccncc1. The zero-order chi connectivity index (χ0) is 18.5. The zero-order valence-electron chi connectivity index (χ0n) is 13.6. The summed E-state index contributed by atoms with van der Waals surface area (Å²) in [5, 5.41) is 18.3. The molecule has 0 radical (unpaired) electrons. The number of amides is 1. The molecule has 0 fully saturated rings. The van der Waals surface area contributed by atoms with Crippen molar-refractivity contribution in [1.82, 2.24) is 15.2 Å². The Morgan fingerprint density at radius 1 is 1.04 bits per heavy atom. The molecule has 0 unspecified atom stereocenters. The number of halogens is 1. The number of carbonyl (C=O) groups is 2. The number of aromatic amines is 1. The van der Waals surface area contributed by atoms with Gasteiger partial charge < -0.3 is 10.4 Å². The minimum Gasteiger partial charge on any atom is -0.481 e. The summed E-state index contributed by atoms with van der Waals surface area (Å²) in [4.78, 5) is 26.6. The molecule has 132 valence electrons. The molecule has 26 heavy (non-hydrogen) atoms. The number of H-pyrrole nitrogens is 1. The summed E-state index contributed by atoms with van der Waals surface area (Å²) >= 11 is 0. The highest BCUT2D eigenvalue weighted by molar-refractivity contribution is 5.98. The first-order valence-electron chi connectivity index (χ1n) is 7.81. The van der Waals surface area contributed by atoms with Gasteiger partial charge in [0.05, 0.1) is 17.7 Å². The lowest BCUT2D eigenvalue weighted by atomic mass is 10.0. The van der Waals surface area contributed by atoms with E-state index in [-0.39, 0.29) is 24.5 Å². The van der Waals surface area contributed by atoms with Crippen LogP contribution in [-0.4, -0.2) is 32.2 Å². The van der Waals surface area contributed by atoms with Gasteiger partial charge >= 0.3 is 5.97 Å². The monoisotopic (exact) mass is 354 g/mol. The van der Waals surface area contributed by atoms with Crippen LogP contribution in [0.3, 0.4) is 0 Å². The molecule has 2 aromatic heterocycles. The standard InChI is InChI=1S/C18H15FN4O3/c19-13-3-1-12(2-4-13)17-16(11-7-9-20-10-8-11)18(23-22-17)21-14(24)5-6-15(25)26/h1-4,7-10H,5-6H2,(H,25,26)(H2,21,22,23,24). The molecule has 3 N–H and O–H groups in total. The van der Waals surface area contributed by atoms with Crippen LogP contribution in [0.1, 0.15) is 12.8 Å². The Balaban J connectivity index is 1.98. The molecule has 2 heterocycles. The minimum absolute atomic E-state index is 0.163. The molecule has 3 rings (SSSR count). The van der Waals surface area contributed by atoms with Gasteiger partial charge in [-0.2, -0.15) is 5.10 Å². The van der Waals surface area contributed by atoms with Crippen LogP contribution in [-0.2, 0) is 9.59 Å². The van der Waals surface area contributed by atoms with Crippen LogP contribution < -0.4 is 5.32 Å². The molecular formula is C18H15FN4O3. The lowest BCUT2D eigenvalue weighted by molar-refractivity contribution is -0.138. The second kappa shape index (κ2) is 7.56. The quantitative estimate of drug-likeness (QED) is 0.630. The van der Waals surface area contributed by atoms with Gasteiger partial charge in [0, 0.05) is 24.4 Å². The maximum absolute atomic E-state index is 13.2. The highest BCUT2D eigenvalue weighted by Crippen LogP contribution is 2.35. The zero-order valence-corrected chi connectivity index (χ0v) is 13.6. The van der Waals surface area contributed by atoms with Crippen LogP contribution in [0, 0.1) is 5.82 Å². The summed E-state index contributed by atoms with van der Waals surface area (Å²) in [6, 6.07) is 9.37. The van der Waals surface area contributed by atoms with Gasteiger partial charge in [-0.1, -0.05) is 0 Å². The predicted octanol–water partition coefficient (Wildman–Crippen LogP) is 3.08. The van der Waals surface area contributed by atoms with E-state index < -0.39 is 11.9 Å². The van der Waals surface area contributed by atoms with Gasteiger partial charge in [0.2, 0.25) is 5.91 Å². The van der Waals surface area contributed by atoms with E-state index in [1.165, 1.54) is 12.1 Å². The van der Waals surface area contributed by atoms with Gasteiger partial charge in [0.15, 0.2) is 5.82 Å². The number of carbonyl (C=O) groups excluding carboxylic acids is 1. The molecule has 0 aliphatic rings. The Morgan fingerprint density at radius 2 is 1.73 bits per heavy atom. The number of aromatic nitrogens is 3. The third-order valence-corrected chi connectivity index (χ3v) is 3.69. The summed E-state index contributed by atoms with van der Waals surface area (Å²) in [7, 11) is 0. The Hall–Kier alpha value is -3.55. The summed E-state index contributed by atoms with van der Waals surface area (Å²) in [5.41, 5.74) is 2.66. The second-order valence-corrected chi connectivity index (χ2v) is 5.51. The van der Waals surface area contributed by atoms with Crippen LogP contribution in [0.25, 0.3) is 22.4 Å². The number of carboxylic acids is 1. The first-order chi connectivity index (χ1) is 12.5. The highest BCUT2D eigenvalue weighted by Gasteiger charge is 2.19. The molecule has 0 saturated carbocycles. The number of nitrogens with one attached hydrogen (secondary N) is 2. The second-order valence-electron chi connectivity index (χ2n) is 5.51. The largest absolute Gasteiger partial charge is 0.481 e. The van der Waals surface area contributed by atoms with Crippen molar-refractivity contribution in [2.75, 3.05) is 5.32 Å². The van der Waals surface area contributed by atoms with Crippen molar-refractivity contribution >= 4 is 17.7 Å². The number of anilines is 1. The third kappa shape index (κ3) is 3.92. The molecule has 1 aromatic carbocycles.